The van der Waals surface area contributed by atoms with E-state index in [1.165, 1.54) is 23.4 Å². The first-order valence-electron chi connectivity index (χ1n) is 8.42. The van der Waals surface area contributed by atoms with Crippen molar-refractivity contribution in [1.29, 1.82) is 0 Å². The number of hydrogen-bond acceptors (Lipinski definition) is 3. The van der Waals surface area contributed by atoms with E-state index in [1.807, 2.05) is 0 Å². The summed E-state index contributed by atoms with van der Waals surface area (Å²) >= 11 is 0. The summed E-state index contributed by atoms with van der Waals surface area (Å²) < 4.78 is 15.4. The first-order valence-corrected chi connectivity index (χ1v) is 8.42. The van der Waals surface area contributed by atoms with Crippen molar-refractivity contribution >= 4 is 18.3 Å². The minimum atomic E-state index is -0.369. The molecule has 0 spiro atoms. The van der Waals surface area contributed by atoms with E-state index < -0.39 is 0 Å². The summed E-state index contributed by atoms with van der Waals surface area (Å²) in [5.74, 6) is -0.212. The van der Waals surface area contributed by atoms with Gasteiger partial charge in [0.25, 0.3) is 5.91 Å². The summed E-state index contributed by atoms with van der Waals surface area (Å²) in [5.41, 5.74) is 7.26. The second-order valence-electron chi connectivity index (χ2n) is 6.37. The van der Waals surface area contributed by atoms with E-state index in [0.29, 0.717) is 29.4 Å². The third-order valence-electron chi connectivity index (χ3n) is 4.86. The van der Waals surface area contributed by atoms with Gasteiger partial charge in [0.05, 0.1) is 17.5 Å². The molecule has 1 fully saturated rings. The molecular weight excluding hydrogens is 343 g/mol. The molecule has 5 nitrogen and oxygen atoms in total. The van der Waals surface area contributed by atoms with E-state index in [4.69, 9.17) is 5.73 Å². The molecule has 1 aromatic heterocycles. The number of carbonyl (C=O) groups excluding carboxylic acids is 1. The van der Waals surface area contributed by atoms with Gasteiger partial charge in [0.15, 0.2) is 0 Å². The number of rotatable bonds is 4. The largest absolute Gasteiger partial charge is 0.349 e. The molecule has 2 atom stereocenters. The molecule has 136 valence electrons. The Morgan fingerprint density at radius 1 is 1.36 bits per heavy atom. The van der Waals surface area contributed by atoms with Crippen LogP contribution < -0.4 is 11.1 Å². The first-order chi connectivity index (χ1) is 11.6. The van der Waals surface area contributed by atoms with Crippen molar-refractivity contribution in [2.24, 2.45) is 11.7 Å². The lowest BCUT2D eigenvalue weighted by Gasteiger charge is -2.31. The zero-order chi connectivity index (χ0) is 17.1. The number of hydrogen-bond donors (Lipinski definition) is 2. The topological polar surface area (TPSA) is 72.9 Å². The summed E-state index contributed by atoms with van der Waals surface area (Å²) in [6.07, 6.45) is 5.77. The van der Waals surface area contributed by atoms with Crippen molar-refractivity contribution in [1.82, 2.24) is 15.1 Å². The Morgan fingerprint density at radius 2 is 2.08 bits per heavy atom. The first kappa shape index (κ1) is 19.4. The van der Waals surface area contributed by atoms with Gasteiger partial charge in [-0.3, -0.25) is 4.79 Å². The summed E-state index contributed by atoms with van der Waals surface area (Å²) in [6, 6.07) is 6.49. The molecule has 2 aromatic rings. The van der Waals surface area contributed by atoms with Gasteiger partial charge in [0, 0.05) is 6.04 Å². The number of benzene rings is 1. The highest BCUT2D eigenvalue weighted by Crippen LogP contribution is 2.24. The molecular formula is C18H24ClFN4O. The number of nitrogens with zero attached hydrogens (tertiary/aromatic N) is 2. The molecule has 2 unspecified atom stereocenters. The van der Waals surface area contributed by atoms with E-state index in [0.717, 1.165) is 19.3 Å². The van der Waals surface area contributed by atoms with E-state index >= 15 is 0 Å². The van der Waals surface area contributed by atoms with Gasteiger partial charge in [-0.25, -0.2) is 9.07 Å². The van der Waals surface area contributed by atoms with Crippen LogP contribution in [-0.4, -0.2) is 28.3 Å². The molecule has 0 aliphatic heterocycles. The Bertz CT molecular complexity index is 734. The van der Waals surface area contributed by atoms with Crippen LogP contribution >= 0.6 is 12.4 Å². The lowest BCUT2D eigenvalue weighted by atomic mass is 9.84. The average Bonchev–Trinajstić information content (AvgIpc) is 2.97. The predicted molar refractivity (Wildman–Crippen MR) is 97.8 cm³/mol. The number of aromatic nitrogens is 2. The molecule has 25 heavy (non-hydrogen) atoms. The number of nitrogens with two attached hydrogens (primary N) is 1. The van der Waals surface area contributed by atoms with Crippen LogP contribution in [0.15, 0.2) is 30.5 Å². The van der Waals surface area contributed by atoms with Gasteiger partial charge >= 0.3 is 0 Å². The number of halogens is 2. The number of para-hydroxylation sites is 1. The fourth-order valence-electron chi connectivity index (χ4n) is 3.42. The number of nitrogens with one attached hydrogen (secondary N) is 1. The lowest BCUT2D eigenvalue weighted by Crippen LogP contribution is -2.44. The fourth-order valence-corrected chi connectivity index (χ4v) is 3.42. The maximum atomic E-state index is 14.0. The number of carbonyl (C=O) groups is 1. The normalized spacial score (nSPS) is 20.0. The standard InChI is InChI=1S/C18H23FN4O.ClH/c1-12-14(11-21-23(12)17-9-5-3-7-15(17)19)18(24)22-16-8-4-2-6-13(16)10-20;/h3,5,7,9,11,13,16H,2,4,6,8,10,20H2,1H3,(H,22,24);1H. The highest BCUT2D eigenvalue weighted by molar-refractivity contribution is 5.95. The maximum absolute atomic E-state index is 14.0. The van der Waals surface area contributed by atoms with Gasteiger partial charge < -0.3 is 11.1 Å². The van der Waals surface area contributed by atoms with E-state index in [2.05, 4.69) is 10.4 Å². The average molecular weight is 367 g/mol. The van der Waals surface area contributed by atoms with Gasteiger partial charge in [-0.2, -0.15) is 5.10 Å². The molecule has 1 heterocycles. The third kappa shape index (κ3) is 4.02. The van der Waals surface area contributed by atoms with Crippen molar-refractivity contribution in [3.05, 3.63) is 47.5 Å². The van der Waals surface area contributed by atoms with Crippen LogP contribution in [-0.2, 0) is 0 Å². The second-order valence-corrected chi connectivity index (χ2v) is 6.37. The molecule has 0 radical (unpaired) electrons. The third-order valence-corrected chi connectivity index (χ3v) is 4.86. The van der Waals surface area contributed by atoms with Gasteiger partial charge in [-0.1, -0.05) is 25.0 Å². The van der Waals surface area contributed by atoms with Crippen molar-refractivity contribution < 1.29 is 9.18 Å². The van der Waals surface area contributed by atoms with E-state index in [-0.39, 0.29) is 30.2 Å². The quantitative estimate of drug-likeness (QED) is 0.873. The van der Waals surface area contributed by atoms with E-state index in [9.17, 15) is 9.18 Å². The van der Waals surface area contributed by atoms with Crippen LogP contribution in [0.1, 0.15) is 41.7 Å². The monoisotopic (exact) mass is 366 g/mol. The Balaban J connectivity index is 0.00000225. The maximum Gasteiger partial charge on any atom is 0.254 e. The number of amides is 1. The van der Waals surface area contributed by atoms with Crippen molar-refractivity contribution in [3.8, 4) is 5.69 Å². The van der Waals surface area contributed by atoms with Crippen molar-refractivity contribution in [2.75, 3.05) is 6.54 Å². The molecule has 1 aromatic carbocycles. The van der Waals surface area contributed by atoms with Gasteiger partial charge in [0.1, 0.15) is 11.5 Å². The molecule has 3 rings (SSSR count). The molecule has 3 N–H and O–H groups in total. The molecule has 1 aliphatic carbocycles. The van der Waals surface area contributed by atoms with Crippen LogP contribution in [0.3, 0.4) is 0 Å². The Morgan fingerprint density at radius 3 is 2.80 bits per heavy atom. The summed E-state index contributed by atoms with van der Waals surface area (Å²) in [5, 5.41) is 7.28. The van der Waals surface area contributed by atoms with Gasteiger partial charge in [-0.15, -0.1) is 12.4 Å². The Labute approximate surface area is 153 Å². The van der Waals surface area contributed by atoms with Crippen LogP contribution in [0, 0.1) is 18.7 Å². The highest BCUT2D eigenvalue weighted by atomic mass is 35.5. The summed E-state index contributed by atoms with van der Waals surface area (Å²) in [4.78, 5) is 12.6. The molecule has 7 heteroatoms. The Hall–Kier alpha value is -1.92. The van der Waals surface area contributed by atoms with E-state index in [1.54, 1.807) is 25.1 Å². The minimum Gasteiger partial charge on any atom is -0.349 e. The molecule has 1 saturated carbocycles. The fraction of sp³-hybridized carbons (Fsp3) is 0.444. The lowest BCUT2D eigenvalue weighted by molar-refractivity contribution is 0.0907. The van der Waals surface area contributed by atoms with Gasteiger partial charge in [0.2, 0.25) is 0 Å². The summed E-state index contributed by atoms with van der Waals surface area (Å²) in [7, 11) is 0. The second kappa shape index (κ2) is 8.45. The SMILES string of the molecule is Cc1c(C(=O)NC2CCCCC2CN)cnn1-c1ccccc1F.Cl. The molecule has 1 aliphatic rings. The molecule has 0 bridgehead atoms. The van der Waals surface area contributed by atoms with Crippen molar-refractivity contribution in [3.63, 3.8) is 0 Å². The van der Waals surface area contributed by atoms with Gasteiger partial charge in [-0.05, 0) is 44.4 Å². The smallest absolute Gasteiger partial charge is 0.254 e. The van der Waals surface area contributed by atoms with Crippen LogP contribution in [0.4, 0.5) is 4.39 Å². The minimum absolute atomic E-state index is 0. The molecule has 0 saturated heterocycles. The molecule has 1 amide bonds. The highest BCUT2D eigenvalue weighted by Gasteiger charge is 2.27. The predicted octanol–water partition coefficient (Wildman–Crippen LogP) is 2.99. The van der Waals surface area contributed by atoms with Crippen LogP contribution in [0.25, 0.3) is 5.69 Å². The van der Waals surface area contributed by atoms with Crippen molar-refractivity contribution in [2.45, 2.75) is 38.6 Å². The Kier molecular flexibility index (Phi) is 6.56. The zero-order valence-electron chi connectivity index (χ0n) is 14.2. The summed E-state index contributed by atoms with van der Waals surface area (Å²) in [6.45, 7) is 2.36. The van der Waals surface area contributed by atoms with Crippen LogP contribution in [0.2, 0.25) is 0 Å². The zero-order valence-corrected chi connectivity index (χ0v) is 15.1. The van der Waals surface area contributed by atoms with Crippen LogP contribution in [0.5, 0.6) is 0 Å².